The minimum atomic E-state index is -4.60. The van der Waals surface area contributed by atoms with Crippen molar-refractivity contribution in [2.24, 2.45) is 0 Å². The Morgan fingerprint density at radius 2 is 2.00 bits per heavy atom. The number of benzene rings is 1. The van der Waals surface area contributed by atoms with Crippen LogP contribution in [0.25, 0.3) is 0 Å². The summed E-state index contributed by atoms with van der Waals surface area (Å²) in [5.41, 5.74) is -0.976. The summed E-state index contributed by atoms with van der Waals surface area (Å²) in [6.45, 7) is 1.57. The molecule has 23 heavy (non-hydrogen) atoms. The maximum atomic E-state index is 12.9. The van der Waals surface area contributed by atoms with Gasteiger partial charge >= 0.3 is 12.1 Å². The van der Waals surface area contributed by atoms with E-state index in [4.69, 9.17) is 9.84 Å². The third kappa shape index (κ3) is 3.75. The number of nitrogens with zero attached hydrogens (tertiary/aromatic N) is 1. The van der Waals surface area contributed by atoms with Crippen LogP contribution >= 0.6 is 0 Å². The molecule has 1 aromatic rings. The number of amides is 1. The number of carboxylic acid groups (broad SMARTS) is 1. The molecule has 0 spiro atoms. The van der Waals surface area contributed by atoms with Crippen molar-refractivity contribution in [1.82, 2.24) is 4.90 Å². The van der Waals surface area contributed by atoms with Gasteiger partial charge in [0, 0.05) is 6.54 Å². The number of carbonyl (C=O) groups is 2. The number of aliphatic carboxylic acids is 1. The Hall–Kier alpha value is -2.25. The molecule has 1 unspecified atom stereocenters. The molecule has 8 heteroatoms. The molecule has 5 nitrogen and oxygen atoms in total. The van der Waals surface area contributed by atoms with Crippen molar-refractivity contribution >= 4 is 11.9 Å². The summed E-state index contributed by atoms with van der Waals surface area (Å²) in [6.07, 6.45) is -4.95. The summed E-state index contributed by atoms with van der Waals surface area (Å²) in [7, 11) is 0. The van der Waals surface area contributed by atoms with Crippen molar-refractivity contribution in [2.45, 2.75) is 38.1 Å². The zero-order valence-electron chi connectivity index (χ0n) is 12.3. The van der Waals surface area contributed by atoms with Gasteiger partial charge in [-0.3, -0.25) is 4.79 Å². The van der Waals surface area contributed by atoms with E-state index in [1.54, 1.807) is 0 Å². The molecule has 1 heterocycles. The van der Waals surface area contributed by atoms with Crippen molar-refractivity contribution in [3.63, 3.8) is 0 Å². The van der Waals surface area contributed by atoms with Crippen LogP contribution in [0.15, 0.2) is 24.3 Å². The van der Waals surface area contributed by atoms with Gasteiger partial charge < -0.3 is 14.7 Å². The summed E-state index contributed by atoms with van der Waals surface area (Å²) in [5, 5.41) is 9.07. The van der Waals surface area contributed by atoms with Crippen LogP contribution in [-0.4, -0.2) is 40.6 Å². The van der Waals surface area contributed by atoms with E-state index in [2.05, 4.69) is 0 Å². The van der Waals surface area contributed by atoms with E-state index in [0.717, 1.165) is 17.0 Å². The minimum Gasteiger partial charge on any atom is -0.480 e. The van der Waals surface area contributed by atoms with Crippen molar-refractivity contribution < 1.29 is 32.6 Å². The Balaban J connectivity index is 2.15. The van der Waals surface area contributed by atoms with Crippen molar-refractivity contribution in [2.75, 3.05) is 6.54 Å². The summed E-state index contributed by atoms with van der Waals surface area (Å²) < 4.78 is 43.9. The van der Waals surface area contributed by atoms with E-state index in [0.29, 0.717) is 12.8 Å². The number of carboxylic acids is 1. The van der Waals surface area contributed by atoms with Crippen molar-refractivity contribution in [3.05, 3.63) is 29.8 Å². The molecule has 1 fully saturated rings. The quantitative estimate of drug-likeness (QED) is 0.921. The average Bonchev–Trinajstić information content (AvgIpc) is 2.95. The largest absolute Gasteiger partial charge is 0.480 e. The van der Waals surface area contributed by atoms with Crippen LogP contribution in [0.3, 0.4) is 0 Å². The lowest BCUT2D eigenvalue weighted by Crippen LogP contribution is -2.46. The van der Waals surface area contributed by atoms with Crippen molar-refractivity contribution in [3.8, 4) is 5.75 Å². The molecule has 1 aliphatic rings. The normalized spacial score (nSPS) is 19.5. The molecule has 0 aromatic heterocycles. The fraction of sp³-hybridized carbons (Fsp3) is 0.467. The standard InChI is InChI=1S/C15H16F3NO4/c1-9(13(20)19-8-4-6-11(19)14(21)22)23-12-7-3-2-5-10(12)15(16,17)18/h2-3,5,7,9,11H,4,6,8H2,1H3,(H,21,22)/t9?,11-/m0/s1. The monoisotopic (exact) mass is 331 g/mol. The molecule has 2 atom stereocenters. The summed E-state index contributed by atoms with van der Waals surface area (Å²) >= 11 is 0. The van der Waals surface area contributed by atoms with Crippen LogP contribution in [0, 0.1) is 0 Å². The number of para-hydroxylation sites is 1. The molecule has 0 bridgehead atoms. The van der Waals surface area contributed by atoms with Crippen LogP contribution in [0.4, 0.5) is 13.2 Å². The first-order valence-electron chi connectivity index (χ1n) is 7.08. The van der Waals surface area contributed by atoms with E-state index < -0.39 is 41.5 Å². The molecule has 1 aromatic carbocycles. The molecule has 0 saturated carbocycles. The Morgan fingerprint density at radius 1 is 1.35 bits per heavy atom. The van der Waals surface area contributed by atoms with Gasteiger partial charge in [0.05, 0.1) is 5.56 Å². The first-order valence-corrected chi connectivity index (χ1v) is 7.08. The second kappa shape index (κ2) is 6.47. The number of carbonyl (C=O) groups excluding carboxylic acids is 1. The molecule has 1 amide bonds. The Morgan fingerprint density at radius 3 is 2.61 bits per heavy atom. The maximum Gasteiger partial charge on any atom is 0.419 e. The summed E-state index contributed by atoms with van der Waals surface area (Å²) in [5.74, 6) is -2.21. The summed E-state index contributed by atoms with van der Waals surface area (Å²) in [6, 6.07) is 3.64. The molecule has 0 aliphatic carbocycles. The molecule has 1 saturated heterocycles. The van der Waals surface area contributed by atoms with Crippen LogP contribution in [-0.2, 0) is 15.8 Å². The van der Waals surface area contributed by atoms with E-state index in [-0.39, 0.29) is 6.54 Å². The molecule has 1 aliphatic heterocycles. The predicted octanol–water partition coefficient (Wildman–Crippen LogP) is 2.55. The number of hydrogen-bond donors (Lipinski definition) is 1. The van der Waals surface area contributed by atoms with Gasteiger partial charge in [-0.15, -0.1) is 0 Å². The molecule has 126 valence electrons. The number of likely N-dealkylation sites (tertiary alicyclic amines) is 1. The first-order chi connectivity index (χ1) is 10.7. The Kier molecular flexibility index (Phi) is 4.82. The topological polar surface area (TPSA) is 66.8 Å². The molecular weight excluding hydrogens is 315 g/mol. The van der Waals surface area contributed by atoms with Gasteiger partial charge in [0.1, 0.15) is 11.8 Å². The molecule has 2 rings (SSSR count). The van der Waals surface area contributed by atoms with Crippen LogP contribution in [0.1, 0.15) is 25.3 Å². The number of ether oxygens (including phenoxy) is 1. The second-order valence-corrected chi connectivity index (χ2v) is 5.28. The number of rotatable bonds is 4. The number of halogens is 3. The van der Waals surface area contributed by atoms with E-state index in [9.17, 15) is 22.8 Å². The Bertz CT molecular complexity index is 603. The van der Waals surface area contributed by atoms with Gasteiger partial charge in [0.2, 0.25) is 0 Å². The van der Waals surface area contributed by atoms with Crippen LogP contribution < -0.4 is 4.74 Å². The lowest BCUT2D eigenvalue weighted by molar-refractivity contribution is -0.151. The zero-order valence-corrected chi connectivity index (χ0v) is 12.3. The third-order valence-corrected chi connectivity index (χ3v) is 3.66. The van der Waals surface area contributed by atoms with Crippen LogP contribution in [0.2, 0.25) is 0 Å². The second-order valence-electron chi connectivity index (χ2n) is 5.28. The van der Waals surface area contributed by atoms with Crippen molar-refractivity contribution in [1.29, 1.82) is 0 Å². The third-order valence-electron chi connectivity index (χ3n) is 3.66. The summed E-state index contributed by atoms with van der Waals surface area (Å²) in [4.78, 5) is 24.5. The van der Waals surface area contributed by atoms with Gasteiger partial charge in [-0.2, -0.15) is 13.2 Å². The Labute approximate surface area is 130 Å². The highest BCUT2D eigenvalue weighted by Gasteiger charge is 2.38. The lowest BCUT2D eigenvalue weighted by Gasteiger charge is -2.26. The molecule has 0 radical (unpaired) electrons. The molecular formula is C15H16F3NO4. The lowest BCUT2D eigenvalue weighted by atomic mass is 10.2. The first kappa shape index (κ1) is 17.1. The number of hydrogen-bond acceptors (Lipinski definition) is 3. The highest BCUT2D eigenvalue weighted by Crippen LogP contribution is 2.36. The highest BCUT2D eigenvalue weighted by molar-refractivity contribution is 5.87. The maximum absolute atomic E-state index is 12.9. The van der Waals surface area contributed by atoms with Gasteiger partial charge in [0.15, 0.2) is 6.10 Å². The van der Waals surface area contributed by atoms with E-state index in [1.807, 2.05) is 0 Å². The minimum absolute atomic E-state index is 0.254. The fourth-order valence-electron chi connectivity index (χ4n) is 2.57. The average molecular weight is 331 g/mol. The van der Waals surface area contributed by atoms with Gasteiger partial charge in [-0.1, -0.05) is 12.1 Å². The number of alkyl halides is 3. The van der Waals surface area contributed by atoms with Gasteiger partial charge in [-0.05, 0) is 31.9 Å². The van der Waals surface area contributed by atoms with Gasteiger partial charge in [0.25, 0.3) is 5.91 Å². The van der Waals surface area contributed by atoms with Gasteiger partial charge in [-0.25, -0.2) is 4.79 Å². The smallest absolute Gasteiger partial charge is 0.419 e. The van der Waals surface area contributed by atoms with E-state index in [1.165, 1.54) is 19.1 Å². The molecule has 1 N–H and O–H groups in total. The SMILES string of the molecule is CC(Oc1ccccc1C(F)(F)F)C(=O)N1CCC[C@H]1C(=O)O. The van der Waals surface area contributed by atoms with E-state index >= 15 is 0 Å². The zero-order chi connectivity index (χ0) is 17.2. The van der Waals surface area contributed by atoms with Crippen LogP contribution in [0.5, 0.6) is 5.75 Å². The predicted molar refractivity (Wildman–Crippen MR) is 73.9 cm³/mol. The highest BCUT2D eigenvalue weighted by atomic mass is 19.4. The fourth-order valence-corrected chi connectivity index (χ4v) is 2.57.